The van der Waals surface area contributed by atoms with Crippen LogP contribution >= 0.6 is 0 Å². The molecule has 2 rings (SSSR count). The van der Waals surface area contributed by atoms with Crippen LogP contribution in [0.5, 0.6) is 0 Å². The number of sulfone groups is 1. The SMILES string of the molecule is CC(N)C1CCN(C(=O)c2ccc(CS(=O)(=O)C(F)F)cc2)CC1. The molecule has 5 nitrogen and oxygen atoms in total. The van der Waals surface area contributed by atoms with Gasteiger partial charge in [0.1, 0.15) is 0 Å². The van der Waals surface area contributed by atoms with Gasteiger partial charge in [0.05, 0.1) is 5.75 Å². The molecule has 1 unspecified atom stereocenters. The number of nitrogens with two attached hydrogens (primary N) is 1. The van der Waals surface area contributed by atoms with E-state index in [0.29, 0.717) is 24.6 Å². The van der Waals surface area contributed by atoms with Crippen molar-refractivity contribution in [1.29, 1.82) is 0 Å². The Morgan fingerprint density at radius 3 is 2.25 bits per heavy atom. The number of halogens is 2. The van der Waals surface area contributed by atoms with Gasteiger partial charge in [-0.2, -0.15) is 8.78 Å². The topological polar surface area (TPSA) is 80.5 Å². The summed E-state index contributed by atoms with van der Waals surface area (Å²) in [4.78, 5) is 14.2. The largest absolute Gasteiger partial charge is 0.339 e. The summed E-state index contributed by atoms with van der Waals surface area (Å²) < 4.78 is 47.2. The monoisotopic (exact) mass is 360 g/mol. The molecule has 0 saturated carbocycles. The van der Waals surface area contributed by atoms with Gasteiger partial charge < -0.3 is 10.6 Å². The van der Waals surface area contributed by atoms with Crippen LogP contribution in [0.2, 0.25) is 0 Å². The maximum Gasteiger partial charge on any atom is 0.337 e. The third-order valence-corrected chi connectivity index (χ3v) is 5.69. The molecule has 1 saturated heterocycles. The van der Waals surface area contributed by atoms with Crippen molar-refractivity contribution in [2.45, 2.75) is 37.3 Å². The lowest BCUT2D eigenvalue weighted by molar-refractivity contribution is 0.0681. The molecular formula is C16H22F2N2O3S. The van der Waals surface area contributed by atoms with E-state index in [4.69, 9.17) is 5.73 Å². The zero-order chi connectivity index (χ0) is 17.9. The van der Waals surface area contributed by atoms with E-state index in [-0.39, 0.29) is 17.5 Å². The number of rotatable bonds is 5. The van der Waals surface area contributed by atoms with E-state index in [1.54, 1.807) is 4.90 Å². The lowest BCUT2D eigenvalue weighted by atomic mass is 9.90. The minimum atomic E-state index is -4.46. The molecule has 1 aliphatic rings. The summed E-state index contributed by atoms with van der Waals surface area (Å²) >= 11 is 0. The van der Waals surface area contributed by atoms with Gasteiger partial charge in [-0.15, -0.1) is 0 Å². The number of nitrogens with zero attached hydrogens (tertiary/aromatic N) is 1. The summed E-state index contributed by atoms with van der Waals surface area (Å²) in [5.41, 5.74) is 6.54. The number of carbonyl (C=O) groups excluding carboxylic acids is 1. The van der Waals surface area contributed by atoms with Crippen LogP contribution in [0.25, 0.3) is 0 Å². The smallest absolute Gasteiger partial charge is 0.337 e. The van der Waals surface area contributed by atoms with Gasteiger partial charge in [0.2, 0.25) is 9.84 Å². The van der Waals surface area contributed by atoms with Gasteiger partial charge in [-0.3, -0.25) is 4.79 Å². The van der Waals surface area contributed by atoms with E-state index in [1.165, 1.54) is 24.3 Å². The molecule has 1 fully saturated rings. The first-order valence-electron chi connectivity index (χ1n) is 7.84. The molecule has 24 heavy (non-hydrogen) atoms. The maximum absolute atomic E-state index is 12.4. The predicted octanol–water partition coefficient (Wildman–Crippen LogP) is 2.02. The molecule has 0 bridgehead atoms. The fraction of sp³-hybridized carbons (Fsp3) is 0.562. The average Bonchev–Trinajstić information content (AvgIpc) is 2.54. The molecule has 0 radical (unpaired) electrons. The average molecular weight is 360 g/mol. The Morgan fingerprint density at radius 1 is 1.25 bits per heavy atom. The van der Waals surface area contributed by atoms with E-state index in [1.807, 2.05) is 6.92 Å². The third-order valence-electron chi connectivity index (χ3n) is 4.41. The molecule has 134 valence electrons. The first-order valence-corrected chi connectivity index (χ1v) is 9.56. The zero-order valence-corrected chi connectivity index (χ0v) is 14.3. The van der Waals surface area contributed by atoms with Crippen molar-refractivity contribution in [2.24, 2.45) is 11.7 Å². The second-order valence-corrected chi connectivity index (χ2v) is 8.22. The summed E-state index contributed by atoms with van der Waals surface area (Å²) in [6.45, 7) is 3.23. The van der Waals surface area contributed by atoms with E-state index in [2.05, 4.69) is 0 Å². The minimum absolute atomic E-state index is 0.110. The number of alkyl halides is 2. The van der Waals surface area contributed by atoms with Crippen LogP contribution in [0.15, 0.2) is 24.3 Å². The molecule has 0 spiro atoms. The fourth-order valence-corrected chi connectivity index (χ4v) is 3.63. The van der Waals surface area contributed by atoms with Crippen LogP contribution < -0.4 is 5.73 Å². The highest BCUT2D eigenvalue weighted by Crippen LogP contribution is 2.21. The molecule has 1 atom stereocenters. The summed E-state index contributed by atoms with van der Waals surface area (Å²) in [7, 11) is -4.46. The van der Waals surface area contributed by atoms with Crippen LogP contribution in [0.3, 0.4) is 0 Å². The summed E-state index contributed by atoms with van der Waals surface area (Å²) in [6, 6.07) is 5.88. The zero-order valence-electron chi connectivity index (χ0n) is 13.5. The first-order chi connectivity index (χ1) is 11.2. The Bertz CT molecular complexity index is 667. The molecule has 8 heteroatoms. The van der Waals surface area contributed by atoms with Gasteiger partial charge in [0.15, 0.2) is 0 Å². The molecule has 1 heterocycles. The molecule has 1 aromatic carbocycles. The Labute approximate surface area is 140 Å². The van der Waals surface area contributed by atoms with Crippen LogP contribution in [0.4, 0.5) is 8.78 Å². The fourth-order valence-electron chi connectivity index (χ4n) is 2.85. The number of hydrogen-bond donors (Lipinski definition) is 1. The van der Waals surface area contributed by atoms with Gasteiger partial charge in [-0.25, -0.2) is 8.42 Å². The standard InChI is InChI=1S/C16H22F2N2O3S/c1-11(19)13-6-8-20(9-7-13)15(21)14-4-2-12(3-5-14)10-24(22,23)16(17)18/h2-5,11,13,16H,6-10,19H2,1H3. The minimum Gasteiger partial charge on any atom is -0.339 e. The highest BCUT2D eigenvalue weighted by atomic mass is 32.2. The van der Waals surface area contributed by atoms with Gasteiger partial charge in [-0.1, -0.05) is 12.1 Å². The highest BCUT2D eigenvalue weighted by Gasteiger charge is 2.26. The Balaban J connectivity index is 1.99. The molecule has 1 aromatic rings. The predicted molar refractivity (Wildman–Crippen MR) is 87.3 cm³/mol. The van der Waals surface area contributed by atoms with Crippen molar-refractivity contribution in [3.8, 4) is 0 Å². The van der Waals surface area contributed by atoms with Gasteiger partial charge in [0.25, 0.3) is 5.91 Å². The molecule has 0 aromatic heterocycles. The second-order valence-electron chi connectivity index (χ2n) is 6.25. The van der Waals surface area contributed by atoms with Crippen molar-refractivity contribution < 1.29 is 22.0 Å². The normalized spacial score (nSPS) is 18.0. The Kier molecular flexibility index (Phi) is 5.92. The lowest BCUT2D eigenvalue weighted by Crippen LogP contribution is -2.42. The van der Waals surface area contributed by atoms with E-state index in [0.717, 1.165) is 12.8 Å². The number of amides is 1. The first kappa shape index (κ1) is 18.8. The second kappa shape index (κ2) is 7.57. The van der Waals surface area contributed by atoms with Crippen molar-refractivity contribution in [1.82, 2.24) is 4.90 Å². The van der Waals surface area contributed by atoms with Gasteiger partial charge >= 0.3 is 5.76 Å². The quantitative estimate of drug-likeness (QED) is 0.871. The summed E-state index contributed by atoms with van der Waals surface area (Å²) in [6.07, 6.45) is 1.71. The molecule has 0 aliphatic carbocycles. The summed E-state index contributed by atoms with van der Waals surface area (Å²) in [5.74, 6) is -3.86. The molecule has 2 N–H and O–H groups in total. The van der Waals surface area contributed by atoms with Gasteiger partial charge in [-0.05, 0) is 43.4 Å². The van der Waals surface area contributed by atoms with Crippen LogP contribution in [0, 0.1) is 5.92 Å². The summed E-state index contributed by atoms with van der Waals surface area (Å²) in [5, 5.41) is 0. The lowest BCUT2D eigenvalue weighted by Gasteiger charge is -2.33. The Hall–Kier alpha value is -1.54. The number of hydrogen-bond acceptors (Lipinski definition) is 4. The van der Waals surface area contributed by atoms with E-state index >= 15 is 0 Å². The van der Waals surface area contributed by atoms with Gasteiger partial charge in [0, 0.05) is 24.7 Å². The molecular weight excluding hydrogens is 338 g/mol. The van der Waals surface area contributed by atoms with Crippen molar-refractivity contribution in [3.63, 3.8) is 0 Å². The van der Waals surface area contributed by atoms with Crippen molar-refractivity contribution >= 4 is 15.7 Å². The van der Waals surface area contributed by atoms with Crippen LogP contribution in [-0.4, -0.2) is 44.1 Å². The molecule has 1 amide bonds. The number of likely N-dealkylation sites (tertiary alicyclic amines) is 1. The Morgan fingerprint density at radius 2 is 1.79 bits per heavy atom. The van der Waals surface area contributed by atoms with Crippen LogP contribution in [-0.2, 0) is 15.6 Å². The highest BCUT2D eigenvalue weighted by molar-refractivity contribution is 7.90. The van der Waals surface area contributed by atoms with Crippen molar-refractivity contribution in [3.05, 3.63) is 35.4 Å². The number of piperidine rings is 1. The van der Waals surface area contributed by atoms with Crippen molar-refractivity contribution in [2.75, 3.05) is 13.1 Å². The number of benzene rings is 1. The van der Waals surface area contributed by atoms with Crippen LogP contribution in [0.1, 0.15) is 35.7 Å². The van der Waals surface area contributed by atoms with E-state index < -0.39 is 21.3 Å². The van der Waals surface area contributed by atoms with E-state index in [9.17, 15) is 22.0 Å². The maximum atomic E-state index is 12.4. The third kappa shape index (κ3) is 4.51. The molecule has 1 aliphatic heterocycles. The number of carbonyl (C=O) groups is 1.